The van der Waals surface area contributed by atoms with E-state index in [4.69, 9.17) is 19.0 Å². The van der Waals surface area contributed by atoms with E-state index in [0.29, 0.717) is 11.5 Å². The van der Waals surface area contributed by atoms with Crippen LogP contribution in [0.25, 0.3) is 0 Å². The first-order valence-electron chi connectivity index (χ1n) is 4.84. The first kappa shape index (κ1) is 11.1. The van der Waals surface area contributed by atoms with Crippen LogP contribution in [-0.4, -0.2) is 18.2 Å². The van der Waals surface area contributed by atoms with Crippen LogP contribution in [0.2, 0.25) is 0 Å². The van der Waals surface area contributed by atoms with Gasteiger partial charge in [0.25, 0.3) is 5.95 Å². The van der Waals surface area contributed by atoms with E-state index in [1.165, 1.54) is 12.1 Å². The highest BCUT2D eigenvalue weighted by Gasteiger charge is 2.10. The van der Waals surface area contributed by atoms with Crippen LogP contribution in [0.5, 0.6) is 17.4 Å². The van der Waals surface area contributed by atoms with Crippen molar-refractivity contribution in [1.29, 1.82) is 0 Å². The van der Waals surface area contributed by atoms with Crippen molar-refractivity contribution in [2.45, 2.75) is 0 Å². The van der Waals surface area contributed by atoms with Crippen molar-refractivity contribution in [2.24, 2.45) is 0 Å². The summed E-state index contributed by atoms with van der Waals surface area (Å²) >= 11 is 0. The molecule has 2 rings (SSSR count). The molecule has 5 heteroatoms. The van der Waals surface area contributed by atoms with Crippen LogP contribution in [0.1, 0.15) is 10.6 Å². The number of carbonyl (C=O) groups is 1. The quantitative estimate of drug-likeness (QED) is 0.880. The predicted octanol–water partition coefficient (Wildman–Crippen LogP) is 2.78. The van der Waals surface area contributed by atoms with Crippen LogP contribution < -0.4 is 9.47 Å². The number of aromatic carboxylic acids is 1. The Bertz CT molecular complexity index is 512. The molecule has 0 atom stereocenters. The molecule has 0 aliphatic carbocycles. The highest BCUT2D eigenvalue weighted by molar-refractivity contribution is 5.84. The van der Waals surface area contributed by atoms with Crippen LogP contribution in [0.4, 0.5) is 0 Å². The highest BCUT2D eigenvalue weighted by Crippen LogP contribution is 2.25. The van der Waals surface area contributed by atoms with Gasteiger partial charge >= 0.3 is 5.97 Å². The molecular weight excluding hydrogens is 224 g/mol. The van der Waals surface area contributed by atoms with Gasteiger partial charge in [-0.05, 0) is 30.3 Å². The van der Waals surface area contributed by atoms with Crippen molar-refractivity contribution in [3.8, 4) is 17.4 Å². The lowest BCUT2D eigenvalue weighted by atomic mass is 10.3. The molecule has 5 nitrogen and oxygen atoms in total. The van der Waals surface area contributed by atoms with Crippen molar-refractivity contribution < 1.29 is 23.8 Å². The molecule has 1 aromatic carbocycles. The van der Waals surface area contributed by atoms with Gasteiger partial charge in [-0.15, -0.1) is 0 Å². The molecule has 1 aromatic heterocycles. The second-order valence-corrected chi connectivity index (χ2v) is 3.20. The van der Waals surface area contributed by atoms with Crippen LogP contribution >= 0.6 is 0 Å². The van der Waals surface area contributed by atoms with Gasteiger partial charge in [0.05, 0.1) is 7.11 Å². The smallest absolute Gasteiger partial charge is 0.371 e. The Balaban J connectivity index is 2.11. The summed E-state index contributed by atoms with van der Waals surface area (Å²) in [5.74, 6) is 0.0933. The second-order valence-electron chi connectivity index (χ2n) is 3.20. The fraction of sp³-hybridized carbons (Fsp3) is 0.0833. The minimum absolute atomic E-state index is 0.132. The minimum Gasteiger partial charge on any atom is -0.497 e. The number of benzene rings is 1. The van der Waals surface area contributed by atoms with Crippen LogP contribution in [0.3, 0.4) is 0 Å². The zero-order valence-corrected chi connectivity index (χ0v) is 9.04. The van der Waals surface area contributed by atoms with Gasteiger partial charge in [-0.3, -0.25) is 0 Å². The van der Waals surface area contributed by atoms with Gasteiger partial charge in [0.2, 0.25) is 5.76 Å². The molecule has 0 unspecified atom stereocenters. The van der Waals surface area contributed by atoms with Crippen molar-refractivity contribution in [3.05, 3.63) is 42.2 Å². The monoisotopic (exact) mass is 234 g/mol. The van der Waals surface area contributed by atoms with Gasteiger partial charge in [0.15, 0.2) is 0 Å². The molecular formula is C12H10O5. The maximum Gasteiger partial charge on any atom is 0.371 e. The third-order valence-corrected chi connectivity index (χ3v) is 2.07. The Hall–Kier alpha value is -2.43. The molecule has 17 heavy (non-hydrogen) atoms. The fourth-order valence-electron chi connectivity index (χ4n) is 1.25. The molecule has 0 fully saturated rings. The van der Waals surface area contributed by atoms with Gasteiger partial charge < -0.3 is 19.0 Å². The molecule has 2 aromatic rings. The number of rotatable bonds is 4. The van der Waals surface area contributed by atoms with Gasteiger partial charge in [-0.1, -0.05) is 0 Å². The third kappa shape index (κ3) is 2.57. The van der Waals surface area contributed by atoms with Gasteiger partial charge in [-0.25, -0.2) is 4.79 Å². The average molecular weight is 234 g/mol. The number of furan rings is 1. The zero-order valence-electron chi connectivity index (χ0n) is 9.04. The maximum absolute atomic E-state index is 10.6. The molecule has 0 saturated carbocycles. The van der Waals surface area contributed by atoms with Crippen LogP contribution in [0, 0.1) is 0 Å². The first-order chi connectivity index (χ1) is 8.19. The molecule has 0 radical (unpaired) electrons. The number of hydrogen-bond acceptors (Lipinski definition) is 4. The summed E-state index contributed by atoms with van der Waals surface area (Å²) in [6.45, 7) is 0. The van der Waals surface area contributed by atoms with E-state index in [2.05, 4.69) is 0 Å². The summed E-state index contributed by atoms with van der Waals surface area (Å²) in [5, 5.41) is 8.67. The summed E-state index contributed by atoms with van der Waals surface area (Å²) in [6, 6.07) is 9.64. The zero-order chi connectivity index (χ0) is 12.3. The normalized spacial score (nSPS) is 9.94. The van der Waals surface area contributed by atoms with E-state index in [-0.39, 0.29) is 11.7 Å². The van der Waals surface area contributed by atoms with Gasteiger partial charge in [-0.2, -0.15) is 0 Å². The average Bonchev–Trinajstić information content (AvgIpc) is 2.79. The summed E-state index contributed by atoms with van der Waals surface area (Å²) in [4.78, 5) is 10.6. The number of carboxylic acid groups (broad SMARTS) is 1. The summed E-state index contributed by atoms with van der Waals surface area (Å²) in [7, 11) is 1.57. The third-order valence-electron chi connectivity index (χ3n) is 2.07. The summed E-state index contributed by atoms with van der Waals surface area (Å²) in [5.41, 5.74) is 0. The Morgan fingerprint density at radius 1 is 1.12 bits per heavy atom. The Labute approximate surface area is 97.2 Å². The molecule has 0 aliphatic rings. The van der Waals surface area contributed by atoms with Crippen molar-refractivity contribution in [3.63, 3.8) is 0 Å². The van der Waals surface area contributed by atoms with Crippen molar-refractivity contribution in [2.75, 3.05) is 7.11 Å². The van der Waals surface area contributed by atoms with Gasteiger partial charge in [0, 0.05) is 6.07 Å². The van der Waals surface area contributed by atoms with E-state index < -0.39 is 5.97 Å². The highest BCUT2D eigenvalue weighted by atomic mass is 16.6. The van der Waals surface area contributed by atoms with Crippen molar-refractivity contribution in [1.82, 2.24) is 0 Å². The number of ether oxygens (including phenoxy) is 2. The molecule has 0 saturated heterocycles. The lowest BCUT2D eigenvalue weighted by molar-refractivity contribution is 0.0657. The first-order valence-corrected chi connectivity index (χ1v) is 4.84. The maximum atomic E-state index is 10.6. The number of methoxy groups -OCH3 is 1. The van der Waals surface area contributed by atoms with Gasteiger partial charge in [0.1, 0.15) is 11.5 Å². The summed E-state index contributed by atoms with van der Waals surface area (Å²) in [6.07, 6.45) is 0. The minimum atomic E-state index is -1.13. The fourth-order valence-corrected chi connectivity index (χ4v) is 1.25. The lowest BCUT2D eigenvalue weighted by Gasteiger charge is -2.03. The molecule has 0 amide bonds. The largest absolute Gasteiger partial charge is 0.497 e. The molecule has 0 aliphatic heterocycles. The SMILES string of the molecule is COc1ccc(Oc2ccc(C(=O)O)o2)cc1. The van der Waals surface area contributed by atoms with Crippen LogP contribution in [-0.2, 0) is 0 Å². The topological polar surface area (TPSA) is 68.9 Å². The molecule has 0 bridgehead atoms. The lowest BCUT2D eigenvalue weighted by Crippen LogP contribution is -1.91. The molecule has 0 spiro atoms. The second kappa shape index (κ2) is 4.61. The Morgan fingerprint density at radius 2 is 1.76 bits per heavy atom. The molecule has 1 heterocycles. The standard InChI is InChI=1S/C12H10O5/c1-15-8-2-4-9(5-3-8)16-11-7-6-10(17-11)12(13)14/h2-7H,1H3,(H,13,14). The molecule has 1 N–H and O–H groups in total. The van der Waals surface area contributed by atoms with E-state index in [1.807, 2.05) is 0 Å². The Morgan fingerprint density at radius 3 is 2.29 bits per heavy atom. The van der Waals surface area contributed by atoms with Crippen LogP contribution in [0.15, 0.2) is 40.8 Å². The van der Waals surface area contributed by atoms with E-state index in [0.717, 1.165) is 0 Å². The van der Waals surface area contributed by atoms with E-state index >= 15 is 0 Å². The number of carboxylic acids is 1. The number of hydrogen-bond donors (Lipinski definition) is 1. The summed E-state index contributed by atoms with van der Waals surface area (Å²) < 4.78 is 15.3. The van der Waals surface area contributed by atoms with E-state index in [1.54, 1.807) is 31.4 Å². The predicted molar refractivity (Wildman–Crippen MR) is 58.7 cm³/mol. The molecule has 88 valence electrons. The van der Waals surface area contributed by atoms with Crippen molar-refractivity contribution >= 4 is 5.97 Å². The Kier molecular flexibility index (Phi) is 3.00. The van der Waals surface area contributed by atoms with E-state index in [9.17, 15) is 4.79 Å².